The van der Waals surface area contributed by atoms with Gasteiger partial charge in [0.05, 0.1) is 23.9 Å². The predicted molar refractivity (Wildman–Crippen MR) is 129 cm³/mol. The van der Waals surface area contributed by atoms with E-state index in [0.717, 1.165) is 49.2 Å². The smallest absolute Gasteiger partial charge is 0.414 e. The van der Waals surface area contributed by atoms with Gasteiger partial charge in [0.15, 0.2) is 0 Å². The van der Waals surface area contributed by atoms with Crippen LogP contribution in [0, 0.1) is 12.8 Å². The molecule has 0 aliphatic carbocycles. The molecule has 1 aromatic heterocycles. The molecule has 0 saturated carbocycles. The first-order valence-electron chi connectivity index (χ1n) is 10.9. The van der Waals surface area contributed by atoms with Gasteiger partial charge in [-0.25, -0.2) is 14.6 Å². The molecule has 2 heterocycles. The number of carbonyl (C=O) groups is 3. The molecule has 1 amide bonds. The Bertz CT molecular complexity index is 1160. The molecule has 0 atom stereocenters. The summed E-state index contributed by atoms with van der Waals surface area (Å²) in [6.45, 7) is 5.25. The highest BCUT2D eigenvalue weighted by Gasteiger charge is 2.21. The Hall–Kier alpha value is -3.43. The number of aryl methyl sites for hydroxylation is 1. The van der Waals surface area contributed by atoms with Gasteiger partial charge in [-0.3, -0.25) is 9.69 Å². The number of likely N-dealkylation sites (tertiary alicyclic amines) is 1. The average Bonchev–Trinajstić information content (AvgIpc) is 3.21. The largest absolute Gasteiger partial charge is 0.473 e. The van der Waals surface area contributed by atoms with Crippen molar-refractivity contribution in [3.8, 4) is 0 Å². The van der Waals surface area contributed by atoms with Crippen LogP contribution < -0.4 is 5.32 Å². The van der Waals surface area contributed by atoms with Crippen molar-refractivity contribution in [3.63, 3.8) is 0 Å². The lowest BCUT2D eigenvalue weighted by Gasteiger charge is -2.31. The Morgan fingerprint density at radius 2 is 1.76 bits per heavy atom. The minimum Gasteiger partial charge on any atom is -0.473 e. The average molecular weight is 487 g/mol. The van der Waals surface area contributed by atoms with Crippen LogP contribution in [0.3, 0.4) is 0 Å². The van der Waals surface area contributed by atoms with E-state index in [2.05, 4.69) is 31.9 Å². The summed E-state index contributed by atoms with van der Waals surface area (Å²) in [5, 5.41) is 18.4. The first kappa shape index (κ1) is 25.2. The summed E-state index contributed by atoms with van der Waals surface area (Å²) in [4.78, 5) is 37.3. The van der Waals surface area contributed by atoms with E-state index in [1.165, 1.54) is 5.52 Å². The quantitative estimate of drug-likeness (QED) is 0.471. The monoisotopic (exact) mass is 486 g/mol. The number of para-hydroxylation sites is 2. The van der Waals surface area contributed by atoms with Crippen LogP contribution in [0.2, 0.25) is 5.02 Å². The number of nitrogens with one attached hydrogen (secondary N) is 1. The molecule has 3 N–H and O–H groups in total. The summed E-state index contributed by atoms with van der Waals surface area (Å²) in [7, 11) is 0. The molecule has 34 heavy (non-hydrogen) atoms. The molecule has 4 rings (SSSR count). The highest BCUT2D eigenvalue weighted by Crippen LogP contribution is 2.22. The minimum absolute atomic E-state index is 0.0129. The number of benzene rings is 2. The summed E-state index contributed by atoms with van der Waals surface area (Å²) in [5.74, 6) is -3.02. The number of hydrogen-bond donors (Lipinski definition) is 3. The van der Waals surface area contributed by atoms with Crippen molar-refractivity contribution in [1.82, 2.24) is 14.5 Å². The van der Waals surface area contributed by atoms with E-state index in [1.807, 2.05) is 37.5 Å². The summed E-state index contributed by atoms with van der Waals surface area (Å²) >= 11 is 6.13. The fraction of sp³-hybridized carbons (Fsp3) is 0.333. The van der Waals surface area contributed by atoms with Gasteiger partial charge in [-0.15, -0.1) is 0 Å². The molecule has 9 nitrogen and oxygen atoms in total. The maximum atomic E-state index is 12.4. The number of imidazole rings is 1. The SMILES string of the molecule is Cc1ccc(NC(=O)CN2CCC(Cn3cnc4ccccc43)CC2)cc1Cl.O=C(O)C(=O)O. The summed E-state index contributed by atoms with van der Waals surface area (Å²) < 4.78 is 2.25. The van der Waals surface area contributed by atoms with Crippen molar-refractivity contribution in [1.29, 1.82) is 0 Å². The fourth-order valence-corrected chi connectivity index (χ4v) is 4.02. The van der Waals surface area contributed by atoms with Crippen LogP contribution in [0.5, 0.6) is 0 Å². The number of hydrogen-bond acceptors (Lipinski definition) is 5. The number of aromatic nitrogens is 2. The standard InChI is InChI=1S/C22H25ClN4O.C2H2O4/c1-16-6-7-18(12-19(16)23)25-22(28)14-26-10-8-17(9-11-26)13-27-15-24-20-4-2-3-5-21(20)27;3-1(4)2(5)6/h2-7,12,15,17H,8-11,13-14H2,1H3,(H,25,28);(H,3,4)(H,5,6). The van der Waals surface area contributed by atoms with Gasteiger partial charge < -0.3 is 20.1 Å². The van der Waals surface area contributed by atoms with E-state index in [0.29, 0.717) is 17.5 Å². The van der Waals surface area contributed by atoms with Crippen molar-refractivity contribution in [2.75, 3.05) is 25.0 Å². The fourth-order valence-electron chi connectivity index (χ4n) is 3.84. The molecule has 1 saturated heterocycles. The number of piperidine rings is 1. The molecular weight excluding hydrogens is 460 g/mol. The van der Waals surface area contributed by atoms with Gasteiger partial charge in [-0.2, -0.15) is 0 Å². The Morgan fingerprint density at radius 1 is 1.09 bits per heavy atom. The van der Waals surface area contributed by atoms with Gasteiger partial charge in [-0.05, 0) is 68.6 Å². The maximum absolute atomic E-state index is 12.4. The van der Waals surface area contributed by atoms with E-state index >= 15 is 0 Å². The van der Waals surface area contributed by atoms with Crippen LogP contribution in [0.4, 0.5) is 5.69 Å². The molecule has 3 aromatic rings. The van der Waals surface area contributed by atoms with Gasteiger partial charge in [0.25, 0.3) is 0 Å². The predicted octanol–water partition coefficient (Wildman–Crippen LogP) is 3.50. The number of halogens is 1. The van der Waals surface area contributed by atoms with E-state index in [4.69, 9.17) is 31.4 Å². The lowest BCUT2D eigenvalue weighted by atomic mass is 9.96. The Balaban J connectivity index is 0.000000481. The molecule has 1 aliphatic heterocycles. The van der Waals surface area contributed by atoms with Gasteiger partial charge >= 0.3 is 11.9 Å². The molecule has 2 aromatic carbocycles. The molecule has 0 bridgehead atoms. The highest BCUT2D eigenvalue weighted by molar-refractivity contribution is 6.31. The van der Waals surface area contributed by atoms with Gasteiger partial charge in [0.1, 0.15) is 0 Å². The first-order valence-corrected chi connectivity index (χ1v) is 11.2. The lowest BCUT2D eigenvalue weighted by molar-refractivity contribution is -0.159. The third kappa shape index (κ3) is 7.03. The van der Waals surface area contributed by atoms with Gasteiger partial charge in [0, 0.05) is 17.3 Å². The summed E-state index contributed by atoms with van der Waals surface area (Å²) in [6.07, 6.45) is 4.13. The van der Waals surface area contributed by atoms with Crippen molar-refractivity contribution >= 4 is 46.2 Å². The second-order valence-electron chi connectivity index (χ2n) is 8.23. The van der Waals surface area contributed by atoms with Crippen LogP contribution in [-0.4, -0.2) is 62.1 Å². The normalized spacial score (nSPS) is 14.3. The topological polar surface area (TPSA) is 125 Å². The lowest BCUT2D eigenvalue weighted by Crippen LogP contribution is -2.39. The van der Waals surface area contributed by atoms with E-state index in [1.54, 1.807) is 6.07 Å². The summed E-state index contributed by atoms with van der Waals surface area (Å²) in [6, 6.07) is 13.9. The molecule has 180 valence electrons. The number of anilines is 1. The van der Waals surface area contributed by atoms with E-state index in [-0.39, 0.29) is 5.91 Å². The Labute approximate surface area is 202 Å². The second kappa shape index (κ2) is 11.6. The van der Waals surface area contributed by atoms with Crippen molar-refractivity contribution in [2.24, 2.45) is 5.92 Å². The number of fused-ring (bicyclic) bond motifs is 1. The molecule has 10 heteroatoms. The third-order valence-corrected chi connectivity index (χ3v) is 6.10. The number of aliphatic carboxylic acids is 2. The molecular formula is C24H27ClN4O5. The second-order valence-corrected chi connectivity index (χ2v) is 8.63. The Kier molecular flexibility index (Phi) is 8.61. The van der Waals surface area contributed by atoms with E-state index in [9.17, 15) is 4.79 Å². The number of nitrogens with zero attached hydrogens (tertiary/aromatic N) is 3. The van der Waals surface area contributed by atoms with Crippen molar-refractivity contribution in [3.05, 3.63) is 59.4 Å². The zero-order chi connectivity index (χ0) is 24.7. The molecule has 1 aliphatic rings. The maximum Gasteiger partial charge on any atom is 0.414 e. The number of carbonyl (C=O) groups excluding carboxylic acids is 1. The minimum atomic E-state index is -1.82. The van der Waals surface area contributed by atoms with Crippen molar-refractivity contribution < 1.29 is 24.6 Å². The first-order chi connectivity index (χ1) is 16.2. The molecule has 0 unspecified atom stereocenters. The molecule has 1 fully saturated rings. The van der Waals surface area contributed by atoms with Gasteiger partial charge in [-0.1, -0.05) is 29.8 Å². The highest BCUT2D eigenvalue weighted by atomic mass is 35.5. The molecule has 0 radical (unpaired) electrons. The van der Waals surface area contributed by atoms with Gasteiger partial charge in [0.2, 0.25) is 5.91 Å². The van der Waals surface area contributed by atoms with Crippen LogP contribution in [0.1, 0.15) is 18.4 Å². The zero-order valence-corrected chi connectivity index (χ0v) is 19.5. The number of carboxylic acids is 2. The van der Waals surface area contributed by atoms with Crippen LogP contribution in [0.15, 0.2) is 48.8 Å². The number of carboxylic acid groups (broad SMARTS) is 2. The summed E-state index contributed by atoms with van der Waals surface area (Å²) in [5.41, 5.74) is 4.00. The van der Waals surface area contributed by atoms with Crippen molar-refractivity contribution in [2.45, 2.75) is 26.3 Å². The van der Waals surface area contributed by atoms with E-state index < -0.39 is 11.9 Å². The van der Waals surface area contributed by atoms with Crippen LogP contribution in [-0.2, 0) is 20.9 Å². The zero-order valence-electron chi connectivity index (χ0n) is 18.8. The Morgan fingerprint density at radius 3 is 2.41 bits per heavy atom. The third-order valence-electron chi connectivity index (χ3n) is 5.70. The van der Waals surface area contributed by atoms with Crippen LogP contribution >= 0.6 is 11.6 Å². The number of rotatable bonds is 5. The number of amides is 1. The van der Waals surface area contributed by atoms with Crippen LogP contribution in [0.25, 0.3) is 11.0 Å². The molecule has 0 spiro atoms.